The first-order valence-electron chi connectivity index (χ1n) is 12.2. The molecule has 0 aromatic rings. The zero-order valence-corrected chi connectivity index (χ0v) is 21.1. The maximum atomic E-state index is 13.8. The quantitative estimate of drug-likeness (QED) is 0.335. The van der Waals surface area contributed by atoms with Crippen LogP contribution in [0.3, 0.4) is 0 Å². The van der Waals surface area contributed by atoms with Crippen LogP contribution in [0, 0.1) is 22.7 Å². The molecule has 0 unspecified atom stereocenters. The summed E-state index contributed by atoms with van der Waals surface area (Å²) in [7, 11) is 1.53. The summed E-state index contributed by atoms with van der Waals surface area (Å²) in [5.74, 6) is -1.77. The first kappa shape index (κ1) is 25.2. The molecular formula is C28H35NO6. The monoisotopic (exact) mass is 481 g/mol. The third kappa shape index (κ3) is 3.54. The largest absolute Gasteiger partial charge is 0.504 e. The molecule has 1 heterocycles. The third-order valence-electron chi connectivity index (χ3n) is 8.44. The lowest BCUT2D eigenvalue weighted by molar-refractivity contribution is -0.156. The van der Waals surface area contributed by atoms with Crippen molar-refractivity contribution in [1.82, 2.24) is 4.90 Å². The van der Waals surface area contributed by atoms with E-state index in [0.717, 1.165) is 5.57 Å². The number of ketones is 2. The van der Waals surface area contributed by atoms with E-state index in [2.05, 4.69) is 13.2 Å². The van der Waals surface area contributed by atoms with Crippen LogP contribution in [0.15, 0.2) is 59.6 Å². The van der Waals surface area contributed by atoms with Crippen molar-refractivity contribution in [1.29, 1.82) is 0 Å². The van der Waals surface area contributed by atoms with Gasteiger partial charge in [-0.2, -0.15) is 0 Å². The van der Waals surface area contributed by atoms with Gasteiger partial charge < -0.3 is 19.5 Å². The fraction of sp³-hybridized carbons (Fsp3) is 0.536. The predicted molar refractivity (Wildman–Crippen MR) is 131 cm³/mol. The first-order chi connectivity index (χ1) is 16.6. The number of cyclic esters (lactones) is 1. The fourth-order valence-corrected chi connectivity index (χ4v) is 7.00. The minimum atomic E-state index is -0.983. The second-order valence-electron chi connectivity index (χ2n) is 10.5. The van der Waals surface area contributed by atoms with E-state index in [1.165, 1.54) is 7.11 Å². The van der Waals surface area contributed by atoms with Crippen LogP contribution >= 0.6 is 0 Å². The molecule has 1 aliphatic heterocycles. The lowest BCUT2D eigenvalue weighted by atomic mass is 9.52. The van der Waals surface area contributed by atoms with Gasteiger partial charge >= 0.3 is 5.97 Å². The molecule has 0 bridgehead atoms. The number of aliphatic hydroxyl groups excluding tert-OH is 1. The Bertz CT molecular complexity index is 1090. The van der Waals surface area contributed by atoms with Gasteiger partial charge in [-0.15, -0.1) is 13.2 Å². The second-order valence-corrected chi connectivity index (χ2v) is 10.5. The first-order valence-corrected chi connectivity index (χ1v) is 12.2. The van der Waals surface area contributed by atoms with Gasteiger partial charge in [0.2, 0.25) is 5.78 Å². The van der Waals surface area contributed by atoms with Crippen LogP contribution in [0.5, 0.6) is 0 Å². The number of Topliss-reactive ketones (excluding diaryl/α,β-unsaturated/α-hetero) is 2. The highest BCUT2D eigenvalue weighted by molar-refractivity contribution is 6.13. The standard InChI is InChI=1S/C28H35NO6/c1-7-11-29(12-8-2)14-17-23-25(32)24(31)21-18-9-10-19(30)27(18,4)13-16(3)22(21)28(23,5)20(15-34-6)35-26(17)33/h7-8,14,16,18,20,32H,1-2,9-13,15H2,3-6H3/b17-14+/t16-,18+,20-,27+,28-/m1/s1. The van der Waals surface area contributed by atoms with E-state index in [1.54, 1.807) is 18.4 Å². The Kier molecular flexibility index (Phi) is 6.43. The SMILES string of the molecule is C=CCN(/C=C1/C(=O)O[C@H](COC)[C@@]2(C)C1=C(O)C(=O)C1=C2[C@H](C)C[C@]2(C)C(=O)CC[C@@H]12)CC=C. The molecule has 7 nitrogen and oxygen atoms in total. The normalized spacial score (nSPS) is 35.5. The Balaban J connectivity index is 1.97. The summed E-state index contributed by atoms with van der Waals surface area (Å²) in [5.41, 5.74) is 0.179. The summed E-state index contributed by atoms with van der Waals surface area (Å²) in [6, 6.07) is 0. The summed E-state index contributed by atoms with van der Waals surface area (Å²) in [5, 5.41) is 11.4. The maximum absolute atomic E-state index is 13.8. The Morgan fingerprint density at radius 3 is 2.46 bits per heavy atom. The third-order valence-corrected chi connectivity index (χ3v) is 8.44. The molecule has 4 aliphatic rings. The van der Waals surface area contributed by atoms with Crippen molar-refractivity contribution in [2.45, 2.75) is 46.1 Å². The predicted octanol–water partition coefficient (Wildman–Crippen LogP) is 3.84. The van der Waals surface area contributed by atoms with E-state index in [1.807, 2.05) is 25.7 Å². The zero-order chi connectivity index (χ0) is 25.7. The molecule has 1 saturated carbocycles. The highest BCUT2D eigenvalue weighted by Gasteiger charge is 2.63. The lowest BCUT2D eigenvalue weighted by Crippen LogP contribution is -2.55. The number of hydrogen-bond acceptors (Lipinski definition) is 7. The second kappa shape index (κ2) is 8.94. The van der Waals surface area contributed by atoms with Gasteiger partial charge in [0.05, 0.1) is 17.6 Å². The molecule has 2 fully saturated rings. The number of methoxy groups -OCH3 is 1. The molecule has 3 aliphatic carbocycles. The molecule has 1 saturated heterocycles. The summed E-state index contributed by atoms with van der Waals surface area (Å²) in [4.78, 5) is 41.8. The Hall–Kier alpha value is -2.93. The average molecular weight is 482 g/mol. The van der Waals surface area contributed by atoms with Gasteiger partial charge in [0, 0.05) is 55.3 Å². The van der Waals surface area contributed by atoms with Gasteiger partial charge in [-0.05, 0) is 31.3 Å². The molecule has 5 atom stereocenters. The topological polar surface area (TPSA) is 93.1 Å². The van der Waals surface area contributed by atoms with Crippen molar-refractivity contribution >= 4 is 17.5 Å². The minimum absolute atomic E-state index is 0.105. The number of rotatable bonds is 7. The summed E-state index contributed by atoms with van der Waals surface area (Å²) >= 11 is 0. The van der Waals surface area contributed by atoms with Gasteiger partial charge in [-0.1, -0.05) is 26.0 Å². The molecule has 0 radical (unpaired) electrons. The van der Waals surface area contributed by atoms with Gasteiger partial charge in [0.25, 0.3) is 0 Å². The van der Waals surface area contributed by atoms with Crippen molar-refractivity contribution < 1.29 is 29.0 Å². The summed E-state index contributed by atoms with van der Waals surface area (Å²) in [6.07, 6.45) is 5.89. The van der Waals surface area contributed by atoms with E-state index in [4.69, 9.17) is 9.47 Å². The van der Waals surface area contributed by atoms with Crippen molar-refractivity contribution in [2.75, 3.05) is 26.8 Å². The zero-order valence-electron chi connectivity index (χ0n) is 21.1. The van der Waals surface area contributed by atoms with Crippen LogP contribution in [0.25, 0.3) is 0 Å². The Morgan fingerprint density at radius 1 is 1.20 bits per heavy atom. The van der Waals surface area contributed by atoms with E-state index in [-0.39, 0.29) is 35.4 Å². The highest BCUT2D eigenvalue weighted by Crippen LogP contribution is 2.63. The average Bonchev–Trinajstić information content (AvgIpc) is 3.09. The number of hydrogen-bond donors (Lipinski definition) is 1. The minimum Gasteiger partial charge on any atom is -0.504 e. The number of allylic oxidation sites excluding steroid dienone is 1. The summed E-state index contributed by atoms with van der Waals surface area (Å²) < 4.78 is 11.4. The maximum Gasteiger partial charge on any atom is 0.340 e. The lowest BCUT2D eigenvalue weighted by Gasteiger charge is -2.53. The van der Waals surface area contributed by atoms with Crippen molar-refractivity contribution in [3.05, 3.63) is 59.6 Å². The van der Waals surface area contributed by atoms with Crippen LogP contribution in [0.4, 0.5) is 0 Å². The molecule has 1 N–H and O–H groups in total. The molecular weight excluding hydrogens is 446 g/mol. The van der Waals surface area contributed by atoms with E-state index in [0.29, 0.717) is 37.9 Å². The smallest absolute Gasteiger partial charge is 0.340 e. The molecule has 0 spiro atoms. The fourth-order valence-electron chi connectivity index (χ4n) is 7.00. The van der Waals surface area contributed by atoms with Crippen LogP contribution in [-0.2, 0) is 23.9 Å². The number of fused-ring (bicyclic) bond motifs is 4. The molecule has 4 rings (SSSR count). The van der Waals surface area contributed by atoms with Crippen LogP contribution < -0.4 is 0 Å². The van der Waals surface area contributed by atoms with Crippen molar-refractivity contribution in [3.63, 3.8) is 0 Å². The molecule has 0 amide bonds. The highest BCUT2D eigenvalue weighted by atomic mass is 16.6. The Morgan fingerprint density at radius 2 is 1.86 bits per heavy atom. The van der Waals surface area contributed by atoms with E-state index >= 15 is 0 Å². The van der Waals surface area contributed by atoms with Gasteiger partial charge in [0.15, 0.2) is 5.76 Å². The molecule has 188 valence electrons. The summed E-state index contributed by atoms with van der Waals surface area (Å²) in [6.45, 7) is 14.4. The van der Waals surface area contributed by atoms with E-state index in [9.17, 15) is 19.5 Å². The van der Waals surface area contributed by atoms with Gasteiger partial charge in [-0.3, -0.25) is 9.59 Å². The number of carbonyl (C=O) groups excluding carboxylic acids is 3. The molecule has 0 aromatic carbocycles. The molecule has 0 aromatic heterocycles. The molecule has 35 heavy (non-hydrogen) atoms. The number of carbonyl (C=O) groups is 3. The van der Waals surface area contributed by atoms with Crippen molar-refractivity contribution in [2.24, 2.45) is 22.7 Å². The van der Waals surface area contributed by atoms with E-state index < -0.39 is 34.4 Å². The number of ether oxygens (including phenoxy) is 2. The number of nitrogens with zero attached hydrogens (tertiary/aromatic N) is 1. The Labute approximate surface area is 206 Å². The van der Waals surface area contributed by atoms with Gasteiger partial charge in [-0.25, -0.2) is 4.79 Å². The van der Waals surface area contributed by atoms with Crippen LogP contribution in [0.2, 0.25) is 0 Å². The van der Waals surface area contributed by atoms with Crippen LogP contribution in [0.1, 0.15) is 40.0 Å². The van der Waals surface area contributed by atoms with Gasteiger partial charge in [0.1, 0.15) is 11.9 Å². The molecule has 7 heteroatoms. The van der Waals surface area contributed by atoms with Crippen LogP contribution in [-0.4, -0.2) is 60.5 Å². The number of esters is 1. The van der Waals surface area contributed by atoms with Crippen molar-refractivity contribution in [3.8, 4) is 0 Å². The number of aliphatic hydroxyl groups is 1.